The van der Waals surface area contributed by atoms with Crippen molar-refractivity contribution in [3.63, 3.8) is 0 Å². The minimum absolute atomic E-state index is 0.220. The van der Waals surface area contributed by atoms with Crippen molar-refractivity contribution in [2.45, 2.75) is 13.0 Å². The van der Waals surface area contributed by atoms with Gasteiger partial charge in [0.1, 0.15) is 5.82 Å². The SMILES string of the molecule is CC(NC(=O)CNC(=O)c1ccc(F)cc1)c1ccc(F)c(F)c1. The molecule has 0 aliphatic carbocycles. The molecule has 0 aliphatic heterocycles. The Kier molecular flexibility index (Phi) is 5.57. The summed E-state index contributed by atoms with van der Waals surface area (Å²) in [5, 5.41) is 4.94. The molecule has 0 aromatic heterocycles. The first-order valence-electron chi connectivity index (χ1n) is 7.15. The van der Waals surface area contributed by atoms with Crippen LogP contribution in [-0.4, -0.2) is 18.4 Å². The van der Waals surface area contributed by atoms with E-state index in [9.17, 15) is 22.8 Å². The van der Waals surface area contributed by atoms with Crippen molar-refractivity contribution in [1.82, 2.24) is 10.6 Å². The van der Waals surface area contributed by atoms with Crippen molar-refractivity contribution < 1.29 is 22.8 Å². The van der Waals surface area contributed by atoms with Crippen LogP contribution in [-0.2, 0) is 4.79 Å². The lowest BCUT2D eigenvalue weighted by Gasteiger charge is -2.15. The molecule has 0 heterocycles. The number of benzene rings is 2. The molecular formula is C17H15F3N2O2. The van der Waals surface area contributed by atoms with Crippen molar-refractivity contribution in [2.75, 3.05) is 6.54 Å². The van der Waals surface area contributed by atoms with Crippen LogP contribution in [0.2, 0.25) is 0 Å². The normalized spacial score (nSPS) is 11.7. The second-order valence-corrected chi connectivity index (χ2v) is 5.15. The molecule has 126 valence electrons. The largest absolute Gasteiger partial charge is 0.348 e. The van der Waals surface area contributed by atoms with Crippen molar-refractivity contribution in [2.24, 2.45) is 0 Å². The molecule has 2 aromatic carbocycles. The third kappa shape index (κ3) is 4.58. The number of hydrogen-bond acceptors (Lipinski definition) is 2. The van der Waals surface area contributed by atoms with Crippen molar-refractivity contribution >= 4 is 11.8 Å². The smallest absolute Gasteiger partial charge is 0.251 e. The maximum atomic E-state index is 13.2. The number of carbonyl (C=O) groups excluding carboxylic acids is 2. The molecule has 4 nitrogen and oxygen atoms in total. The van der Waals surface area contributed by atoms with Gasteiger partial charge in [0.15, 0.2) is 11.6 Å². The summed E-state index contributed by atoms with van der Waals surface area (Å²) in [4.78, 5) is 23.6. The molecule has 2 amide bonds. The number of nitrogens with one attached hydrogen (secondary N) is 2. The fourth-order valence-electron chi connectivity index (χ4n) is 2.02. The van der Waals surface area contributed by atoms with Gasteiger partial charge in [-0.1, -0.05) is 6.07 Å². The molecule has 24 heavy (non-hydrogen) atoms. The van der Waals surface area contributed by atoms with E-state index >= 15 is 0 Å². The number of amides is 2. The molecule has 0 saturated carbocycles. The lowest BCUT2D eigenvalue weighted by Crippen LogP contribution is -2.38. The van der Waals surface area contributed by atoms with Gasteiger partial charge in [0.05, 0.1) is 12.6 Å². The topological polar surface area (TPSA) is 58.2 Å². The second-order valence-electron chi connectivity index (χ2n) is 5.15. The summed E-state index contributed by atoms with van der Waals surface area (Å²) in [6.45, 7) is 1.30. The molecule has 1 atom stereocenters. The van der Waals surface area contributed by atoms with Gasteiger partial charge in [-0.05, 0) is 48.9 Å². The first-order valence-corrected chi connectivity index (χ1v) is 7.15. The third-order valence-corrected chi connectivity index (χ3v) is 3.34. The molecule has 1 unspecified atom stereocenters. The molecule has 2 N–H and O–H groups in total. The van der Waals surface area contributed by atoms with Gasteiger partial charge in [-0.15, -0.1) is 0 Å². The van der Waals surface area contributed by atoms with Gasteiger partial charge in [-0.2, -0.15) is 0 Å². The summed E-state index contributed by atoms with van der Waals surface area (Å²) in [6, 6.07) is 7.65. The van der Waals surface area contributed by atoms with E-state index in [-0.39, 0.29) is 12.1 Å². The van der Waals surface area contributed by atoms with Gasteiger partial charge in [-0.3, -0.25) is 9.59 Å². The molecule has 0 bridgehead atoms. The average Bonchev–Trinajstić information content (AvgIpc) is 2.55. The molecule has 2 aromatic rings. The van der Waals surface area contributed by atoms with E-state index in [1.54, 1.807) is 6.92 Å². The standard InChI is InChI=1S/C17H15F3N2O2/c1-10(12-4-7-14(19)15(20)8-12)22-16(23)9-21-17(24)11-2-5-13(18)6-3-11/h2-8,10H,9H2,1H3,(H,21,24)(H,22,23). The Bertz CT molecular complexity index is 748. The molecule has 0 radical (unpaired) electrons. The Morgan fingerprint density at radius 2 is 1.67 bits per heavy atom. The minimum Gasteiger partial charge on any atom is -0.348 e. The van der Waals surface area contributed by atoms with Gasteiger partial charge in [0, 0.05) is 5.56 Å². The Morgan fingerprint density at radius 3 is 2.29 bits per heavy atom. The summed E-state index contributed by atoms with van der Waals surface area (Å²) < 4.78 is 38.8. The van der Waals surface area contributed by atoms with Crippen molar-refractivity contribution in [3.05, 3.63) is 71.0 Å². The number of rotatable bonds is 5. The number of halogens is 3. The zero-order chi connectivity index (χ0) is 17.7. The van der Waals surface area contributed by atoms with Gasteiger partial charge >= 0.3 is 0 Å². The van der Waals surface area contributed by atoms with Gasteiger partial charge in [0.25, 0.3) is 5.91 Å². The molecule has 2 rings (SSSR count). The molecule has 0 aliphatic rings. The highest BCUT2D eigenvalue weighted by Gasteiger charge is 2.13. The first kappa shape index (κ1) is 17.5. The van der Waals surface area contributed by atoms with Crippen LogP contribution in [0.25, 0.3) is 0 Å². The molecule has 0 saturated heterocycles. The highest BCUT2D eigenvalue weighted by molar-refractivity contribution is 5.96. The summed E-state index contributed by atoms with van der Waals surface area (Å²) in [7, 11) is 0. The molecular weight excluding hydrogens is 321 g/mol. The summed E-state index contributed by atoms with van der Waals surface area (Å²) in [5.74, 6) is -3.46. The molecule has 0 fully saturated rings. The van der Waals surface area contributed by atoms with E-state index in [2.05, 4.69) is 10.6 Å². The van der Waals surface area contributed by atoms with Gasteiger partial charge in [-0.25, -0.2) is 13.2 Å². The quantitative estimate of drug-likeness (QED) is 0.882. The van der Waals surface area contributed by atoms with Crippen LogP contribution in [0.1, 0.15) is 28.9 Å². The van der Waals surface area contributed by atoms with Crippen LogP contribution in [0, 0.1) is 17.5 Å². The van der Waals surface area contributed by atoms with Crippen molar-refractivity contribution in [1.29, 1.82) is 0 Å². The van der Waals surface area contributed by atoms with E-state index in [0.717, 1.165) is 24.3 Å². The van der Waals surface area contributed by atoms with Crippen LogP contribution >= 0.6 is 0 Å². The monoisotopic (exact) mass is 336 g/mol. The lowest BCUT2D eigenvalue weighted by atomic mass is 10.1. The lowest BCUT2D eigenvalue weighted by molar-refractivity contribution is -0.120. The molecule has 0 spiro atoms. The Balaban J connectivity index is 1.87. The zero-order valence-corrected chi connectivity index (χ0v) is 12.8. The van der Waals surface area contributed by atoms with E-state index in [1.165, 1.54) is 18.2 Å². The average molecular weight is 336 g/mol. The van der Waals surface area contributed by atoms with Crippen LogP contribution < -0.4 is 10.6 Å². The molecule has 7 heteroatoms. The number of carbonyl (C=O) groups is 2. The van der Waals surface area contributed by atoms with Crippen LogP contribution in [0.4, 0.5) is 13.2 Å². The summed E-state index contributed by atoms with van der Waals surface area (Å²) in [6.07, 6.45) is 0. The van der Waals surface area contributed by atoms with E-state index < -0.39 is 35.3 Å². The summed E-state index contributed by atoms with van der Waals surface area (Å²) >= 11 is 0. The van der Waals surface area contributed by atoms with Gasteiger partial charge in [0.2, 0.25) is 5.91 Å². The van der Waals surface area contributed by atoms with E-state index in [1.807, 2.05) is 0 Å². The fourth-order valence-corrected chi connectivity index (χ4v) is 2.02. The number of hydrogen-bond donors (Lipinski definition) is 2. The Labute approximate surface area is 136 Å². The highest BCUT2D eigenvalue weighted by atomic mass is 19.2. The predicted octanol–water partition coefficient (Wildman–Crippen LogP) is 2.71. The first-order chi connectivity index (χ1) is 11.4. The van der Waals surface area contributed by atoms with Crippen LogP contribution in [0.15, 0.2) is 42.5 Å². The Hall–Kier alpha value is -2.83. The van der Waals surface area contributed by atoms with E-state index in [4.69, 9.17) is 0 Å². The second kappa shape index (κ2) is 7.63. The predicted molar refractivity (Wildman–Crippen MR) is 81.6 cm³/mol. The fraction of sp³-hybridized carbons (Fsp3) is 0.176. The Morgan fingerprint density at radius 1 is 1.00 bits per heavy atom. The van der Waals surface area contributed by atoms with Crippen molar-refractivity contribution in [3.8, 4) is 0 Å². The highest BCUT2D eigenvalue weighted by Crippen LogP contribution is 2.15. The van der Waals surface area contributed by atoms with E-state index in [0.29, 0.717) is 5.56 Å². The summed E-state index contributed by atoms with van der Waals surface area (Å²) in [5.41, 5.74) is 0.616. The zero-order valence-electron chi connectivity index (χ0n) is 12.8. The van der Waals surface area contributed by atoms with Gasteiger partial charge < -0.3 is 10.6 Å². The maximum Gasteiger partial charge on any atom is 0.251 e. The minimum atomic E-state index is -1.00. The third-order valence-electron chi connectivity index (χ3n) is 3.34. The maximum absolute atomic E-state index is 13.2. The van der Waals surface area contributed by atoms with Crippen LogP contribution in [0.3, 0.4) is 0 Å². The van der Waals surface area contributed by atoms with Crippen LogP contribution in [0.5, 0.6) is 0 Å².